The zero-order valence-electron chi connectivity index (χ0n) is 9.15. The molecule has 0 saturated heterocycles. The fourth-order valence-electron chi connectivity index (χ4n) is 1.47. The topological polar surface area (TPSA) is 35.0 Å². The van der Waals surface area contributed by atoms with Gasteiger partial charge >= 0.3 is 0 Å². The van der Waals surface area contributed by atoms with Crippen LogP contribution in [0.15, 0.2) is 30.3 Å². The van der Waals surface area contributed by atoms with Crippen LogP contribution in [0.25, 0.3) is 11.3 Å². The molecule has 0 saturated carbocycles. The number of hydrogen-bond acceptors (Lipinski definition) is 3. The Morgan fingerprint density at radius 1 is 1.18 bits per heavy atom. The molecule has 0 spiro atoms. The van der Waals surface area contributed by atoms with Gasteiger partial charge in [0.2, 0.25) is 0 Å². The largest absolute Gasteiger partial charge is 0.377 e. The zero-order valence-corrected chi connectivity index (χ0v) is 10.7. The van der Waals surface area contributed by atoms with Gasteiger partial charge in [-0.2, -0.15) is 0 Å². The summed E-state index contributed by atoms with van der Waals surface area (Å²) >= 11 is 12.0. The van der Waals surface area contributed by atoms with Crippen molar-refractivity contribution in [2.24, 2.45) is 0 Å². The van der Waals surface area contributed by atoms with Gasteiger partial charge in [-0.3, -0.25) is 0 Å². The molecule has 0 fully saturated rings. The number of ether oxygens (including phenoxy) is 1. The molecule has 0 N–H and O–H groups in total. The Hall–Kier alpha value is -1.16. The quantitative estimate of drug-likeness (QED) is 0.798. The molecule has 1 aromatic heterocycles. The fourth-order valence-corrected chi connectivity index (χ4v) is 1.90. The third-order valence-corrected chi connectivity index (χ3v) is 2.69. The fraction of sp³-hybridized carbons (Fsp3) is 0.167. The maximum atomic E-state index is 6.11. The van der Waals surface area contributed by atoms with Crippen molar-refractivity contribution in [2.75, 3.05) is 7.11 Å². The summed E-state index contributed by atoms with van der Waals surface area (Å²) < 4.78 is 4.99. The van der Waals surface area contributed by atoms with Crippen molar-refractivity contribution in [3.05, 3.63) is 46.3 Å². The lowest BCUT2D eigenvalue weighted by molar-refractivity contribution is 0.178. The van der Waals surface area contributed by atoms with Gasteiger partial charge < -0.3 is 4.74 Å². The molecule has 0 aliphatic rings. The Labute approximate surface area is 109 Å². The first-order chi connectivity index (χ1) is 8.20. The van der Waals surface area contributed by atoms with Gasteiger partial charge in [-0.1, -0.05) is 41.4 Å². The average Bonchev–Trinajstić information content (AvgIpc) is 2.29. The van der Waals surface area contributed by atoms with Crippen LogP contribution in [0, 0.1) is 0 Å². The molecule has 0 bridgehead atoms. The molecule has 0 atom stereocenters. The summed E-state index contributed by atoms with van der Waals surface area (Å²) in [4.78, 5) is 8.41. The molecule has 0 aliphatic heterocycles. The third-order valence-electron chi connectivity index (χ3n) is 2.16. The first-order valence-corrected chi connectivity index (χ1v) is 5.73. The van der Waals surface area contributed by atoms with Crippen molar-refractivity contribution in [2.45, 2.75) is 6.61 Å². The van der Waals surface area contributed by atoms with E-state index in [9.17, 15) is 0 Å². The van der Waals surface area contributed by atoms with Crippen LogP contribution in [0.3, 0.4) is 0 Å². The summed E-state index contributed by atoms with van der Waals surface area (Å²) in [5.41, 5.74) is 1.53. The minimum absolute atomic E-state index is 0.317. The van der Waals surface area contributed by atoms with Crippen LogP contribution in [-0.4, -0.2) is 17.1 Å². The van der Waals surface area contributed by atoms with E-state index < -0.39 is 0 Å². The van der Waals surface area contributed by atoms with E-state index in [1.807, 2.05) is 24.3 Å². The van der Waals surface area contributed by atoms with E-state index in [-0.39, 0.29) is 0 Å². The molecule has 0 amide bonds. The number of benzene rings is 1. The van der Waals surface area contributed by atoms with Crippen molar-refractivity contribution in [3.63, 3.8) is 0 Å². The van der Waals surface area contributed by atoms with Crippen LogP contribution in [0.4, 0.5) is 0 Å². The number of nitrogens with zero attached hydrogens (tertiary/aromatic N) is 2. The van der Waals surface area contributed by atoms with Gasteiger partial charge in [0.15, 0.2) is 5.82 Å². The monoisotopic (exact) mass is 268 g/mol. The van der Waals surface area contributed by atoms with Crippen LogP contribution in [-0.2, 0) is 11.3 Å². The van der Waals surface area contributed by atoms with E-state index in [0.29, 0.717) is 28.3 Å². The van der Waals surface area contributed by atoms with Crippen molar-refractivity contribution in [1.82, 2.24) is 9.97 Å². The van der Waals surface area contributed by atoms with Gasteiger partial charge in [-0.05, 0) is 6.07 Å². The SMILES string of the molecule is COCc1nc(Cl)cc(-c2ccccc2Cl)n1. The second-order valence-corrected chi connectivity index (χ2v) is 4.20. The van der Waals surface area contributed by atoms with E-state index >= 15 is 0 Å². The van der Waals surface area contributed by atoms with E-state index in [2.05, 4.69) is 9.97 Å². The van der Waals surface area contributed by atoms with E-state index in [4.69, 9.17) is 27.9 Å². The van der Waals surface area contributed by atoms with Crippen molar-refractivity contribution in [3.8, 4) is 11.3 Å². The minimum atomic E-state index is 0.317. The van der Waals surface area contributed by atoms with Crippen molar-refractivity contribution in [1.29, 1.82) is 0 Å². The number of rotatable bonds is 3. The molecule has 17 heavy (non-hydrogen) atoms. The molecule has 1 heterocycles. The molecular weight excluding hydrogens is 259 g/mol. The van der Waals surface area contributed by atoms with Gasteiger partial charge in [-0.15, -0.1) is 0 Å². The third kappa shape index (κ3) is 2.94. The Balaban J connectivity index is 2.48. The highest BCUT2D eigenvalue weighted by molar-refractivity contribution is 6.33. The molecular formula is C12H10Cl2N2O. The number of hydrogen-bond donors (Lipinski definition) is 0. The maximum absolute atomic E-state index is 6.11. The van der Waals surface area contributed by atoms with Crippen LogP contribution in [0.5, 0.6) is 0 Å². The summed E-state index contributed by atoms with van der Waals surface area (Å²) in [6, 6.07) is 9.14. The zero-order chi connectivity index (χ0) is 12.3. The second-order valence-electron chi connectivity index (χ2n) is 3.40. The predicted octanol–water partition coefficient (Wildman–Crippen LogP) is 3.60. The number of halogens is 2. The maximum Gasteiger partial charge on any atom is 0.156 e. The molecule has 0 aliphatic carbocycles. The van der Waals surface area contributed by atoms with Crippen LogP contribution < -0.4 is 0 Å². The number of methoxy groups -OCH3 is 1. The van der Waals surface area contributed by atoms with Gasteiger partial charge in [0, 0.05) is 23.8 Å². The van der Waals surface area contributed by atoms with Gasteiger partial charge in [-0.25, -0.2) is 9.97 Å². The standard InChI is InChI=1S/C12H10Cl2N2O/c1-17-7-12-15-10(6-11(14)16-12)8-4-2-3-5-9(8)13/h2-6H,7H2,1H3. The second kappa shape index (κ2) is 5.45. The first-order valence-electron chi connectivity index (χ1n) is 4.98. The van der Waals surface area contributed by atoms with E-state index in [1.54, 1.807) is 13.2 Å². The lowest BCUT2D eigenvalue weighted by Crippen LogP contribution is -1.99. The molecule has 3 nitrogen and oxygen atoms in total. The summed E-state index contributed by atoms with van der Waals surface area (Å²) in [5.74, 6) is 0.537. The van der Waals surface area contributed by atoms with Gasteiger partial charge in [0.1, 0.15) is 11.8 Å². The minimum Gasteiger partial charge on any atom is -0.377 e. The van der Waals surface area contributed by atoms with Gasteiger partial charge in [0.25, 0.3) is 0 Å². The predicted molar refractivity (Wildman–Crippen MR) is 68.2 cm³/mol. The average molecular weight is 269 g/mol. The van der Waals surface area contributed by atoms with Crippen LogP contribution in [0.1, 0.15) is 5.82 Å². The number of aromatic nitrogens is 2. The van der Waals surface area contributed by atoms with E-state index in [1.165, 1.54) is 0 Å². The molecule has 2 rings (SSSR count). The summed E-state index contributed by atoms with van der Waals surface area (Å²) in [7, 11) is 1.58. The summed E-state index contributed by atoms with van der Waals surface area (Å²) in [5, 5.41) is 1.01. The Kier molecular flexibility index (Phi) is 3.94. The van der Waals surface area contributed by atoms with Crippen molar-refractivity contribution >= 4 is 23.2 Å². The smallest absolute Gasteiger partial charge is 0.156 e. The van der Waals surface area contributed by atoms with E-state index in [0.717, 1.165) is 5.56 Å². The highest BCUT2D eigenvalue weighted by atomic mass is 35.5. The molecule has 1 aromatic carbocycles. The van der Waals surface area contributed by atoms with Crippen LogP contribution in [0.2, 0.25) is 10.2 Å². The summed E-state index contributed by atoms with van der Waals surface area (Å²) in [6.45, 7) is 0.317. The molecule has 0 radical (unpaired) electrons. The molecule has 88 valence electrons. The highest BCUT2D eigenvalue weighted by Crippen LogP contribution is 2.27. The lowest BCUT2D eigenvalue weighted by Gasteiger charge is -2.06. The normalized spacial score (nSPS) is 10.5. The van der Waals surface area contributed by atoms with Crippen LogP contribution >= 0.6 is 23.2 Å². The van der Waals surface area contributed by atoms with Crippen molar-refractivity contribution < 1.29 is 4.74 Å². The van der Waals surface area contributed by atoms with Gasteiger partial charge in [0.05, 0.1) is 5.69 Å². The summed E-state index contributed by atoms with van der Waals surface area (Å²) in [6.07, 6.45) is 0. The Morgan fingerprint density at radius 3 is 2.65 bits per heavy atom. The highest BCUT2D eigenvalue weighted by Gasteiger charge is 2.08. The first kappa shape index (κ1) is 12.3. The molecule has 2 aromatic rings. The lowest BCUT2D eigenvalue weighted by atomic mass is 10.1. The Morgan fingerprint density at radius 2 is 1.94 bits per heavy atom. The molecule has 5 heteroatoms. The Bertz CT molecular complexity index is 532. The molecule has 0 unspecified atom stereocenters.